The van der Waals surface area contributed by atoms with Gasteiger partial charge in [0.2, 0.25) is 6.29 Å². The highest BCUT2D eigenvalue weighted by atomic mass is 16.8. The summed E-state index contributed by atoms with van der Waals surface area (Å²) in [5, 5.41) is 58.2. The van der Waals surface area contributed by atoms with Crippen molar-refractivity contribution in [3.8, 4) is 0 Å². The molecule has 3 aliphatic rings. The first-order valence-corrected chi connectivity index (χ1v) is 7.75. The monoisotopic (exact) mass is 346 g/mol. The number of hydrogen-bond acceptors (Lipinski definition) is 9. The summed E-state index contributed by atoms with van der Waals surface area (Å²) < 4.78 is 16.3. The number of aliphatic hydroxyl groups excluding tert-OH is 6. The van der Waals surface area contributed by atoms with E-state index in [1.54, 1.807) is 12.2 Å². The second kappa shape index (κ2) is 7.06. The minimum atomic E-state index is -1.55. The van der Waals surface area contributed by atoms with Gasteiger partial charge in [0.05, 0.1) is 25.6 Å². The lowest BCUT2D eigenvalue weighted by Gasteiger charge is -2.42. The van der Waals surface area contributed by atoms with E-state index < -0.39 is 61.5 Å². The van der Waals surface area contributed by atoms with Crippen molar-refractivity contribution in [2.75, 3.05) is 13.2 Å². The van der Waals surface area contributed by atoms with Crippen LogP contribution in [0.4, 0.5) is 0 Å². The molecule has 1 aliphatic carbocycles. The van der Waals surface area contributed by atoms with Gasteiger partial charge in [0, 0.05) is 11.8 Å². The van der Waals surface area contributed by atoms with Crippen LogP contribution in [0.5, 0.6) is 0 Å². The van der Waals surface area contributed by atoms with E-state index in [9.17, 15) is 30.6 Å². The molecule has 0 spiro atoms. The third-order valence-corrected chi connectivity index (χ3v) is 4.71. The Balaban J connectivity index is 1.73. The topological polar surface area (TPSA) is 149 Å². The molecule has 1 saturated heterocycles. The van der Waals surface area contributed by atoms with Gasteiger partial charge in [-0.3, -0.25) is 0 Å². The first-order chi connectivity index (χ1) is 11.5. The van der Waals surface area contributed by atoms with Crippen molar-refractivity contribution < 1.29 is 44.8 Å². The lowest BCUT2D eigenvalue weighted by molar-refractivity contribution is -0.339. The van der Waals surface area contributed by atoms with Crippen molar-refractivity contribution in [1.82, 2.24) is 0 Å². The van der Waals surface area contributed by atoms with E-state index >= 15 is 0 Å². The predicted octanol–water partition coefficient (Wildman–Crippen LogP) is -2.80. The quantitative estimate of drug-likeness (QED) is 0.297. The molecule has 0 aromatic heterocycles. The van der Waals surface area contributed by atoms with Crippen LogP contribution < -0.4 is 0 Å². The van der Waals surface area contributed by atoms with E-state index in [-0.39, 0.29) is 6.61 Å². The number of hydrogen-bond donors (Lipinski definition) is 6. The van der Waals surface area contributed by atoms with E-state index in [0.29, 0.717) is 5.57 Å². The summed E-state index contributed by atoms with van der Waals surface area (Å²) in [6.45, 7) is -0.831. The molecule has 0 aromatic carbocycles. The third-order valence-electron chi connectivity index (χ3n) is 4.71. The average Bonchev–Trinajstić information content (AvgIpc) is 2.98. The molecule has 2 heterocycles. The van der Waals surface area contributed by atoms with Gasteiger partial charge < -0.3 is 44.8 Å². The van der Waals surface area contributed by atoms with Crippen LogP contribution in [0.25, 0.3) is 0 Å². The second-order valence-corrected chi connectivity index (χ2v) is 6.17. The maximum atomic E-state index is 10.0. The van der Waals surface area contributed by atoms with Gasteiger partial charge in [0.1, 0.15) is 24.4 Å². The van der Waals surface area contributed by atoms with Crippen LogP contribution in [-0.2, 0) is 14.2 Å². The van der Waals surface area contributed by atoms with Crippen molar-refractivity contribution in [3.05, 3.63) is 24.0 Å². The number of ether oxygens (including phenoxy) is 3. The Hall–Kier alpha value is -1.04. The Labute approximate surface area is 138 Å². The van der Waals surface area contributed by atoms with Crippen LogP contribution in [0.2, 0.25) is 0 Å². The van der Waals surface area contributed by atoms with Gasteiger partial charge >= 0.3 is 0 Å². The SMILES string of the molecule is OCC1=CO[C@@H](O[C@@H]2O[C@H](CO)[C@@H](O)[C@H](O)[C@H]2O)[C@@H]2C=C[C@@H](O)[C@H]12. The van der Waals surface area contributed by atoms with Gasteiger partial charge in [-0.25, -0.2) is 0 Å². The second-order valence-electron chi connectivity index (χ2n) is 6.17. The molecule has 0 saturated carbocycles. The van der Waals surface area contributed by atoms with Crippen LogP contribution >= 0.6 is 0 Å². The molecule has 9 nitrogen and oxygen atoms in total. The molecule has 1 fully saturated rings. The molecule has 9 atom stereocenters. The van der Waals surface area contributed by atoms with Crippen molar-refractivity contribution >= 4 is 0 Å². The maximum Gasteiger partial charge on any atom is 0.208 e. The Kier molecular flexibility index (Phi) is 5.23. The van der Waals surface area contributed by atoms with Crippen molar-refractivity contribution in [2.24, 2.45) is 11.8 Å². The zero-order valence-corrected chi connectivity index (χ0v) is 12.8. The van der Waals surface area contributed by atoms with E-state index in [0.717, 1.165) is 0 Å². The van der Waals surface area contributed by atoms with Gasteiger partial charge in [-0.1, -0.05) is 12.2 Å². The van der Waals surface area contributed by atoms with Crippen LogP contribution in [0.1, 0.15) is 0 Å². The molecule has 9 heteroatoms. The molecule has 0 radical (unpaired) electrons. The maximum absolute atomic E-state index is 10.0. The molecule has 0 bridgehead atoms. The van der Waals surface area contributed by atoms with Crippen LogP contribution in [0, 0.1) is 11.8 Å². The molecule has 3 rings (SSSR count). The number of rotatable bonds is 4. The molecule has 0 aromatic rings. The van der Waals surface area contributed by atoms with E-state index in [1.165, 1.54) is 6.26 Å². The van der Waals surface area contributed by atoms with E-state index in [1.807, 2.05) is 0 Å². The normalized spacial score (nSPS) is 47.9. The van der Waals surface area contributed by atoms with Gasteiger partial charge in [-0.15, -0.1) is 0 Å². The van der Waals surface area contributed by atoms with Gasteiger partial charge in [0.15, 0.2) is 6.29 Å². The summed E-state index contributed by atoms with van der Waals surface area (Å²) in [5.74, 6) is -0.835. The minimum absolute atomic E-state index is 0.271. The highest BCUT2D eigenvalue weighted by Crippen LogP contribution is 2.40. The molecular weight excluding hydrogens is 324 g/mol. The molecule has 24 heavy (non-hydrogen) atoms. The van der Waals surface area contributed by atoms with Gasteiger partial charge in [-0.05, 0) is 5.57 Å². The third kappa shape index (κ3) is 2.98. The Bertz CT molecular complexity index is 505. The van der Waals surface area contributed by atoms with Gasteiger partial charge in [-0.2, -0.15) is 0 Å². The molecule has 136 valence electrons. The first kappa shape index (κ1) is 17.8. The zero-order chi connectivity index (χ0) is 17.4. The highest BCUT2D eigenvalue weighted by Gasteiger charge is 2.48. The lowest BCUT2D eigenvalue weighted by Crippen LogP contribution is -2.60. The fourth-order valence-electron chi connectivity index (χ4n) is 3.34. The lowest BCUT2D eigenvalue weighted by atomic mass is 9.85. The number of aliphatic hydroxyl groups is 6. The minimum Gasteiger partial charge on any atom is -0.472 e. The summed E-state index contributed by atoms with van der Waals surface area (Å²) in [7, 11) is 0. The Morgan fingerprint density at radius 3 is 2.38 bits per heavy atom. The molecular formula is C15H22O9. The van der Waals surface area contributed by atoms with Crippen LogP contribution in [0.15, 0.2) is 24.0 Å². The smallest absolute Gasteiger partial charge is 0.208 e. The summed E-state index contributed by atoms with van der Waals surface area (Å²) in [5.41, 5.74) is 0.520. The molecule has 0 amide bonds. The van der Waals surface area contributed by atoms with E-state index in [2.05, 4.69) is 0 Å². The predicted molar refractivity (Wildman–Crippen MR) is 77.0 cm³/mol. The average molecular weight is 346 g/mol. The van der Waals surface area contributed by atoms with Gasteiger partial charge in [0.25, 0.3) is 0 Å². The first-order valence-electron chi connectivity index (χ1n) is 7.75. The largest absolute Gasteiger partial charge is 0.472 e. The van der Waals surface area contributed by atoms with Crippen LogP contribution in [0.3, 0.4) is 0 Å². The highest BCUT2D eigenvalue weighted by molar-refractivity contribution is 5.23. The molecule has 0 unspecified atom stereocenters. The fraction of sp³-hybridized carbons (Fsp3) is 0.733. The summed E-state index contributed by atoms with van der Waals surface area (Å²) in [6, 6.07) is 0. The van der Waals surface area contributed by atoms with Crippen LogP contribution in [-0.4, -0.2) is 87.0 Å². The Morgan fingerprint density at radius 2 is 1.71 bits per heavy atom. The molecule has 2 aliphatic heterocycles. The number of fused-ring (bicyclic) bond motifs is 1. The molecule has 6 N–H and O–H groups in total. The van der Waals surface area contributed by atoms with Crippen molar-refractivity contribution in [2.45, 2.75) is 43.1 Å². The zero-order valence-electron chi connectivity index (χ0n) is 12.8. The van der Waals surface area contributed by atoms with Crippen molar-refractivity contribution in [3.63, 3.8) is 0 Å². The summed E-state index contributed by atoms with van der Waals surface area (Å²) >= 11 is 0. The van der Waals surface area contributed by atoms with E-state index in [4.69, 9.17) is 14.2 Å². The van der Waals surface area contributed by atoms with Crippen molar-refractivity contribution in [1.29, 1.82) is 0 Å². The summed E-state index contributed by atoms with van der Waals surface area (Å²) in [4.78, 5) is 0. The fourth-order valence-corrected chi connectivity index (χ4v) is 3.34. The summed E-state index contributed by atoms with van der Waals surface area (Å²) in [6.07, 6.45) is -4.15. The standard InChI is InChI=1S/C15H22O9/c16-3-6-5-22-14(7-1-2-8(18)10(6)7)24-15-13(21)12(20)11(19)9(4-17)23-15/h1-2,5,7-21H,3-4H2/t7-,8-,9-,10-,11-,12+,13-,14+,15+/m1/s1. The Morgan fingerprint density at radius 1 is 0.958 bits per heavy atom.